The molecule has 0 aromatic heterocycles. The average Bonchev–Trinajstić information content (AvgIpc) is 2.73. The van der Waals surface area contributed by atoms with Gasteiger partial charge >= 0.3 is 6.61 Å². The summed E-state index contributed by atoms with van der Waals surface area (Å²) >= 11 is 0. The Balaban J connectivity index is 2.06. The highest BCUT2D eigenvalue weighted by atomic mass is 19.3. The highest BCUT2D eigenvalue weighted by Crippen LogP contribution is 2.30. The minimum atomic E-state index is -2.85. The van der Waals surface area contributed by atoms with Gasteiger partial charge in [-0.2, -0.15) is 8.78 Å². The number of hydrogen-bond acceptors (Lipinski definition) is 3. The van der Waals surface area contributed by atoms with Crippen LogP contribution in [0.2, 0.25) is 0 Å². The molecule has 1 heterocycles. The zero-order valence-corrected chi connectivity index (χ0v) is 8.57. The molecule has 5 heteroatoms. The molecule has 0 amide bonds. The van der Waals surface area contributed by atoms with Gasteiger partial charge in [-0.3, -0.25) is 0 Å². The van der Waals surface area contributed by atoms with Gasteiger partial charge in [-0.1, -0.05) is 12.1 Å². The fraction of sp³-hybridized carbons (Fsp3) is 0.455. The number of alkyl halides is 2. The Morgan fingerprint density at radius 1 is 1.25 bits per heavy atom. The maximum Gasteiger partial charge on any atom is 0.387 e. The van der Waals surface area contributed by atoms with Crippen LogP contribution in [0, 0.1) is 0 Å². The molecule has 0 spiro atoms. The van der Waals surface area contributed by atoms with Crippen LogP contribution in [0.3, 0.4) is 0 Å². The lowest BCUT2D eigenvalue weighted by atomic mass is 10.3. The van der Waals surface area contributed by atoms with E-state index in [0.29, 0.717) is 6.61 Å². The van der Waals surface area contributed by atoms with Crippen LogP contribution < -0.4 is 9.47 Å². The fourth-order valence-corrected chi connectivity index (χ4v) is 1.52. The molecule has 1 aliphatic heterocycles. The van der Waals surface area contributed by atoms with E-state index in [-0.39, 0.29) is 17.8 Å². The van der Waals surface area contributed by atoms with Crippen LogP contribution in [-0.4, -0.2) is 19.5 Å². The van der Waals surface area contributed by atoms with Crippen molar-refractivity contribution in [2.45, 2.75) is 25.7 Å². The van der Waals surface area contributed by atoms with E-state index in [9.17, 15) is 8.78 Å². The molecule has 1 aliphatic rings. The van der Waals surface area contributed by atoms with Gasteiger partial charge in [0.2, 0.25) is 0 Å². The topological polar surface area (TPSA) is 27.7 Å². The molecule has 0 saturated carbocycles. The van der Waals surface area contributed by atoms with Gasteiger partial charge in [0.05, 0.1) is 6.61 Å². The molecular formula is C11H12F2O3. The standard InChI is InChI=1S/C11H12F2O3/c12-11(13)16-9-5-2-1-4-8(9)15-10-6-3-7-14-10/h1-2,4-5,10-11H,3,6-7H2. The first-order valence-corrected chi connectivity index (χ1v) is 5.08. The van der Waals surface area contributed by atoms with Gasteiger partial charge in [0.1, 0.15) is 0 Å². The first-order chi connectivity index (χ1) is 7.75. The normalized spacial score (nSPS) is 20.1. The average molecular weight is 230 g/mol. The monoisotopic (exact) mass is 230 g/mol. The molecular weight excluding hydrogens is 218 g/mol. The van der Waals surface area contributed by atoms with Gasteiger partial charge in [0.25, 0.3) is 0 Å². The summed E-state index contributed by atoms with van der Waals surface area (Å²) in [5, 5.41) is 0. The zero-order chi connectivity index (χ0) is 11.4. The lowest BCUT2D eigenvalue weighted by Crippen LogP contribution is -2.15. The van der Waals surface area contributed by atoms with Crippen LogP contribution in [0.25, 0.3) is 0 Å². The van der Waals surface area contributed by atoms with E-state index in [4.69, 9.17) is 9.47 Å². The van der Waals surface area contributed by atoms with E-state index in [1.807, 2.05) is 0 Å². The van der Waals surface area contributed by atoms with E-state index in [2.05, 4.69) is 4.74 Å². The number of hydrogen-bond donors (Lipinski definition) is 0. The van der Waals surface area contributed by atoms with Gasteiger partial charge in [-0.05, 0) is 18.6 Å². The molecule has 1 aromatic rings. The molecule has 0 N–H and O–H groups in total. The third kappa shape index (κ3) is 2.82. The summed E-state index contributed by atoms with van der Waals surface area (Å²) in [5.74, 6) is 0.322. The number of ether oxygens (including phenoxy) is 3. The van der Waals surface area contributed by atoms with E-state index in [0.717, 1.165) is 12.8 Å². The largest absolute Gasteiger partial charge is 0.461 e. The van der Waals surface area contributed by atoms with E-state index < -0.39 is 6.61 Å². The van der Waals surface area contributed by atoms with Crippen molar-refractivity contribution in [1.29, 1.82) is 0 Å². The molecule has 1 atom stereocenters. The van der Waals surface area contributed by atoms with Gasteiger partial charge in [0.15, 0.2) is 17.8 Å². The quantitative estimate of drug-likeness (QED) is 0.796. The van der Waals surface area contributed by atoms with Gasteiger partial charge in [-0.25, -0.2) is 0 Å². The third-order valence-electron chi connectivity index (χ3n) is 2.21. The lowest BCUT2D eigenvalue weighted by Gasteiger charge is -2.15. The summed E-state index contributed by atoms with van der Waals surface area (Å²) in [6, 6.07) is 6.33. The first kappa shape index (κ1) is 11.1. The predicted molar refractivity (Wildman–Crippen MR) is 52.7 cm³/mol. The Morgan fingerprint density at radius 3 is 2.62 bits per heavy atom. The van der Waals surface area contributed by atoms with Crippen molar-refractivity contribution in [2.75, 3.05) is 6.61 Å². The minimum absolute atomic E-state index is 0.0352. The number of para-hydroxylation sites is 2. The first-order valence-electron chi connectivity index (χ1n) is 5.08. The highest BCUT2D eigenvalue weighted by molar-refractivity contribution is 5.39. The molecule has 2 rings (SSSR count). The molecule has 16 heavy (non-hydrogen) atoms. The van der Waals surface area contributed by atoms with Crippen molar-refractivity contribution in [3.8, 4) is 11.5 Å². The predicted octanol–water partition coefficient (Wildman–Crippen LogP) is 2.80. The second-order valence-corrected chi connectivity index (χ2v) is 3.39. The molecule has 0 bridgehead atoms. The van der Waals surface area contributed by atoms with E-state index >= 15 is 0 Å². The van der Waals surface area contributed by atoms with Crippen LogP contribution in [-0.2, 0) is 4.74 Å². The fourth-order valence-electron chi connectivity index (χ4n) is 1.52. The van der Waals surface area contributed by atoms with Crippen LogP contribution in [0.4, 0.5) is 8.78 Å². The van der Waals surface area contributed by atoms with Crippen LogP contribution in [0.1, 0.15) is 12.8 Å². The van der Waals surface area contributed by atoms with Crippen LogP contribution in [0.15, 0.2) is 24.3 Å². The smallest absolute Gasteiger partial charge is 0.387 e. The van der Waals surface area contributed by atoms with E-state index in [1.54, 1.807) is 18.2 Å². The summed E-state index contributed by atoms with van der Waals surface area (Å²) in [6.45, 7) is -2.21. The Kier molecular flexibility index (Phi) is 3.56. The molecule has 0 radical (unpaired) electrons. The Morgan fingerprint density at radius 2 is 2.00 bits per heavy atom. The molecule has 1 unspecified atom stereocenters. The number of halogens is 2. The van der Waals surface area contributed by atoms with Crippen molar-refractivity contribution < 1.29 is 23.0 Å². The molecule has 1 saturated heterocycles. The van der Waals surface area contributed by atoms with Crippen molar-refractivity contribution in [3.05, 3.63) is 24.3 Å². The van der Waals surface area contributed by atoms with Crippen molar-refractivity contribution in [2.24, 2.45) is 0 Å². The van der Waals surface area contributed by atoms with Gasteiger partial charge < -0.3 is 14.2 Å². The van der Waals surface area contributed by atoms with E-state index in [1.165, 1.54) is 6.07 Å². The van der Waals surface area contributed by atoms with Crippen molar-refractivity contribution in [1.82, 2.24) is 0 Å². The van der Waals surface area contributed by atoms with Gasteiger partial charge in [0, 0.05) is 6.42 Å². The number of benzene rings is 1. The number of rotatable bonds is 4. The Bertz CT molecular complexity index is 338. The lowest BCUT2D eigenvalue weighted by molar-refractivity contribution is -0.0632. The second-order valence-electron chi connectivity index (χ2n) is 3.39. The summed E-state index contributed by atoms with van der Waals surface area (Å²) in [5.41, 5.74) is 0. The maximum absolute atomic E-state index is 12.1. The molecule has 88 valence electrons. The SMILES string of the molecule is FC(F)Oc1ccccc1OC1CCCO1. The molecule has 1 aromatic carbocycles. The minimum Gasteiger partial charge on any atom is -0.461 e. The van der Waals surface area contributed by atoms with Gasteiger partial charge in [-0.15, -0.1) is 0 Å². The highest BCUT2D eigenvalue weighted by Gasteiger charge is 2.19. The molecule has 0 aliphatic carbocycles. The Labute approximate surface area is 91.9 Å². The zero-order valence-electron chi connectivity index (χ0n) is 8.57. The van der Waals surface area contributed by atoms with Crippen molar-refractivity contribution in [3.63, 3.8) is 0 Å². The third-order valence-corrected chi connectivity index (χ3v) is 2.21. The summed E-state index contributed by atoms with van der Waals surface area (Å²) < 4.78 is 39.2. The molecule has 3 nitrogen and oxygen atoms in total. The Hall–Kier alpha value is -1.36. The van der Waals surface area contributed by atoms with Crippen LogP contribution in [0.5, 0.6) is 11.5 Å². The van der Waals surface area contributed by atoms with Crippen LogP contribution >= 0.6 is 0 Å². The summed E-state index contributed by atoms with van der Waals surface area (Å²) in [7, 11) is 0. The van der Waals surface area contributed by atoms with Crippen molar-refractivity contribution >= 4 is 0 Å². The summed E-state index contributed by atoms with van der Waals surface area (Å²) in [6.07, 6.45) is 1.33. The maximum atomic E-state index is 12.1. The summed E-state index contributed by atoms with van der Waals surface area (Å²) in [4.78, 5) is 0. The second kappa shape index (κ2) is 5.12. The molecule has 1 fully saturated rings.